The fourth-order valence-corrected chi connectivity index (χ4v) is 2.92. The van der Waals surface area contributed by atoms with E-state index in [2.05, 4.69) is 46.7 Å². The topological polar surface area (TPSA) is 17.4 Å². The first-order chi connectivity index (χ1) is 9.34. The number of rotatable bonds is 4. The molecule has 0 unspecified atom stereocenters. The second kappa shape index (κ2) is 5.76. The highest BCUT2D eigenvalue weighted by Gasteiger charge is 2.10. The first kappa shape index (κ1) is 12.7. The largest absolute Gasteiger partial charge is 0.379 e. The van der Waals surface area contributed by atoms with E-state index in [1.54, 1.807) is 0 Å². The average Bonchev–Trinajstić information content (AvgIpc) is 2.76. The lowest BCUT2D eigenvalue weighted by molar-refractivity contribution is 0.0369. The third kappa shape index (κ3) is 2.82. The molecule has 0 radical (unpaired) electrons. The molecular formula is C16H22N2O. The molecular weight excluding hydrogens is 236 g/mol. The Morgan fingerprint density at radius 3 is 2.74 bits per heavy atom. The molecule has 1 aromatic heterocycles. The molecule has 102 valence electrons. The van der Waals surface area contributed by atoms with Crippen LogP contribution >= 0.6 is 0 Å². The van der Waals surface area contributed by atoms with Gasteiger partial charge < -0.3 is 9.30 Å². The van der Waals surface area contributed by atoms with Crippen LogP contribution in [-0.4, -0.2) is 42.3 Å². The number of aromatic nitrogens is 1. The number of benzene rings is 1. The number of nitrogens with zero attached hydrogens (tertiary/aromatic N) is 2. The Labute approximate surface area is 114 Å². The Hall–Kier alpha value is -1.32. The molecule has 0 amide bonds. The third-order valence-corrected chi connectivity index (χ3v) is 3.98. The van der Waals surface area contributed by atoms with E-state index >= 15 is 0 Å². The molecule has 2 heterocycles. The van der Waals surface area contributed by atoms with Crippen molar-refractivity contribution < 1.29 is 4.74 Å². The van der Waals surface area contributed by atoms with Gasteiger partial charge in [0, 0.05) is 37.4 Å². The zero-order valence-electron chi connectivity index (χ0n) is 11.6. The first-order valence-electron chi connectivity index (χ1n) is 7.19. The van der Waals surface area contributed by atoms with Gasteiger partial charge in [0.25, 0.3) is 0 Å². The molecule has 1 aliphatic heterocycles. The normalized spacial score (nSPS) is 17.1. The lowest BCUT2D eigenvalue weighted by Gasteiger charge is -2.26. The van der Waals surface area contributed by atoms with Gasteiger partial charge in [-0.05, 0) is 30.9 Å². The van der Waals surface area contributed by atoms with Crippen LogP contribution < -0.4 is 0 Å². The summed E-state index contributed by atoms with van der Waals surface area (Å²) >= 11 is 0. The third-order valence-electron chi connectivity index (χ3n) is 3.98. The van der Waals surface area contributed by atoms with E-state index in [1.807, 2.05) is 0 Å². The Bertz CT molecular complexity index is 541. The molecule has 3 nitrogen and oxygen atoms in total. The summed E-state index contributed by atoms with van der Waals surface area (Å²) in [5.74, 6) is 0. The van der Waals surface area contributed by atoms with E-state index in [9.17, 15) is 0 Å². The minimum atomic E-state index is 0.894. The number of hydrogen-bond donors (Lipinski definition) is 0. The predicted molar refractivity (Wildman–Crippen MR) is 78.6 cm³/mol. The lowest BCUT2D eigenvalue weighted by atomic mass is 10.2. The Morgan fingerprint density at radius 1 is 1.11 bits per heavy atom. The van der Waals surface area contributed by atoms with Crippen molar-refractivity contribution in [3.8, 4) is 0 Å². The molecule has 1 fully saturated rings. The van der Waals surface area contributed by atoms with Gasteiger partial charge in [0.1, 0.15) is 0 Å². The lowest BCUT2D eigenvalue weighted by Crippen LogP contribution is -2.37. The quantitative estimate of drug-likeness (QED) is 0.839. The number of fused-ring (bicyclic) bond motifs is 1. The highest BCUT2D eigenvalue weighted by molar-refractivity contribution is 5.81. The standard InChI is InChI=1S/C16H22N2O/c1-14-13-15-5-2-3-6-16(15)18(14)8-4-7-17-9-11-19-12-10-17/h2-3,5-6,13H,4,7-12H2,1H3. The summed E-state index contributed by atoms with van der Waals surface area (Å²) in [5.41, 5.74) is 2.73. The molecule has 3 heteroatoms. The highest BCUT2D eigenvalue weighted by Crippen LogP contribution is 2.19. The molecule has 0 saturated carbocycles. The van der Waals surface area contributed by atoms with Gasteiger partial charge >= 0.3 is 0 Å². The summed E-state index contributed by atoms with van der Waals surface area (Å²) in [7, 11) is 0. The van der Waals surface area contributed by atoms with Crippen molar-refractivity contribution in [3.63, 3.8) is 0 Å². The van der Waals surface area contributed by atoms with Gasteiger partial charge in [-0.3, -0.25) is 4.90 Å². The van der Waals surface area contributed by atoms with Crippen LogP contribution in [0.25, 0.3) is 10.9 Å². The molecule has 1 aromatic carbocycles. The van der Waals surface area contributed by atoms with Crippen LogP contribution in [0, 0.1) is 6.92 Å². The second-order valence-corrected chi connectivity index (χ2v) is 5.30. The maximum Gasteiger partial charge on any atom is 0.0594 e. The Kier molecular flexibility index (Phi) is 3.85. The molecule has 0 bridgehead atoms. The predicted octanol–water partition coefficient (Wildman–Crippen LogP) is 2.67. The number of aryl methyl sites for hydroxylation is 2. The van der Waals surface area contributed by atoms with Gasteiger partial charge in [-0.2, -0.15) is 0 Å². The van der Waals surface area contributed by atoms with Crippen LogP contribution in [-0.2, 0) is 11.3 Å². The minimum Gasteiger partial charge on any atom is -0.379 e. The fourth-order valence-electron chi connectivity index (χ4n) is 2.92. The van der Waals surface area contributed by atoms with Gasteiger partial charge in [-0.25, -0.2) is 0 Å². The van der Waals surface area contributed by atoms with Crippen LogP contribution in [0.15, 0.2) is 30.3 Å². The first-order valence-corrected chi connectivity index (χ1v) is 7.19. The summed E-state index contributed by atoms with van der Waals surface area (Å²) in [6.45, 7) is 8.45. The van der Waals surface area contributed by atoms with Crippen molar-refractivity contribution >= 4 is 10.9 Å². The number of hydrogen-bond acceptors (Lipinski definition) is 2. The second-order valence-electron chi connectivity index (χ2n) is 5.30. The summed E-state index contributed by atoms with van der Waals surface area (Å²) in [6, 6.07) is 10.9. The molecule has 0 atom stereocenters. The zero-order chi connectivity index (χ0) is 13.1. The molecule has 0 spiro atoms. The SMILES string of the molecule is Cc1cc2ccccc2n1CCCN1CCOCC1. The maximum atomic E-state index is 5.38. The summed E-state index contributed by atoms with van der Waals surface area (Å²) in [6.07, 6.45) is 1.21. The van der Waals surface area contributed by atoms with E-state index in [4.69, 9.17) is 4.74 Å². The van der Waals surface area contributed by atoms with Gasteiger partial charge in [0.15, 0.2) is 0 Å². The van der Waals surface area contributed by atoms with E-state index < -0.39 is 0 Å². The van der Waals surface area contributed by atoms with Gasteiger partial charge in [-0.15, -0.1) is 0 Å². The van der Waals surface area contributed by atoms with Crippen molar-refractivity contribution in [2.24, 2.45) is 0 Å². The van der Waals surface area contributed by atoms with Crippen LogP contribution in [0.3, 0.4) is 0 Å². The molecule has 2 aromatic rings. The van der Waals surface area contributed by atoms with Crippen molar-refractivity contribution in [1.82, 2.24) is 9.47 Å². The summed E-state index contributed by atoms with van der Waals surface area (Å²) in [4.78, 5) is 2.50. The van der Waals surface area contributed by atoms with Crippen LogP contribution in [0.5, 0.6) is 0 Å². The number of morpholine rings is 1. The van der Waals surface area contributed by atoms with Crippen LogP contribution in [0.2, 0.25) is 0 Å². The maximum absolute atomic E-state index is 5.38. The van der Waals surface area contributed by atoms with Gasteiger partial charge in [-0.1, -0.05) is 18.2 Å². The Balaban J connectivity index is 1.63. The molecule has 1 saturated heterocycles. The summed E-state index contributed by atoms with van der Waals surface area (Å²) in [5, 5.41) is 1.35. The monoisotopic (exact) mass is 258 g/mol. The van der Waals surface area contributed by atoms with E-state index in [-0.39, 0.29) is 0 Å². The van der Waals surface area contributed by atoms with Crippen molar-refractivity contribution in [2.75, 3.05) is 32.8 Å². The van der Waals surface area contributed by atoms with E-state index in [1.165, 1.54) is 29.6 Å². The van der Waals surface area contributed by atoms with Crippen molar-refractivity contribution in [3.05, 3.63) is 36.0 Å². The molecule has 19 heavy (non-hydrogen) atoms. The summed E-state index contributed by atoms with van der Waals surface area (Å²) < 4.78 is 7.82. The minimum absolute atomic E-state index is 0.894. The van der Waals surface area contributed by atoms with Crippen LogP contribution in [0.4, 0.5) is 0 Å². The van der Waals surface area contributed by atoms with Gasteiger partial charge in [0.2, 0.25) is 0 Å². The fraction of sp³-hybridized carbons (Fsp3) is 0.500. The number of ether oxygens (including phenoxy) is 1. The average molecular weight is 258 g/mol. The molecule has 0 aliphatic carbocycles. The van der Waals surface area contributed by atoms with E-state index in [0.29, 0.717) is 0 Å². The van der Waals surface area contributed by atoms with Crippen molar-refractivity contribution in [2.45, 2.75) is 19.9 Å². The smallest absolute Gasteiger partial charge is 0.0594 e. The van der Waals surface area contributed by atoms with Crippen LogP contribution in [0.1, 0.15) is 12.1 Å². The molecule has 1 aliphatic rings. The molecule has 0 N–H and O–H groups in total. The highest BCUT2D eigenvalue weighted by atomic mass is 16.5. The van der Waals surface area contributed by atoms with Crippen molar-refractivity contribution in [1.29, 1.82) is 0 Å². The zero-order valence-corrected chi connectivity index (χ0v) is 11.6. The van der Waals surface area contributed by atoms with E-state index in [0.717, 1.165) is 32.8 Å². The molecule has 3 rings (SSSR count). The number of para-hydroxylation sites is 1. The van der Waals surface area contributed by atoms with Gasteiger partial charge in [0.05, 0.1) is 13.2 Å². The Morgan fingerprint density at radius 2 is 1.89 bits per heavy atom.